The lowest BCUT2D eigenvalue weighted by Gasteiger charge is -2.25. The van der Waals surface area contributed by atoms with Crippen LogP contribution in [0.3, 0.4) is 0 Å². The van der Waals surface area contributed by atoms with Gasteiger partial charge in [0, 0.05) is 25.1 Å². The van der Waals surface area contributed by atoms with Gasteiger partial charge in [-0.1, -0.05) is 0 Å². The quantitative estimate of drug-likeness (QED) is 0.655. The van der Waals surface area contributed by atoms with E-state index in [2.05, 4.69) is 0 Å². The summed E-state index contributed by atoms with van der Waals surface area (Å²) >= 11 is 5.82. The van der Waals surface area contributed by atoms with Crippen LogP contribution >= 0.6 is 11.6 Å². The van der Waals surface area contributed by atoms with Crippen molar-refractivity contribution >= 4 is 17.5 Å². The molecule has 2 aliphatic rings. The van der Waals surface area contributed by atoms with Crippen LogP contribution in [-0.2, 0) is 9.53 Å². The van der Waals surface area contributed by atoms with E-state index < -0.39 is 0 Å². The Kier molecular flexibility index (Phi) is 3.29. The maximum atomic E-state index is 12.0. The molecular weight excluding hydrogens is 202 g/mol. The zero-order valence-corrected chi connectivity index (χ0v) is 9.00. The molecule has 0 aromatic heterocycles. The minimum atomic E-state index is -0.182. The average Bonchev–Trinajstić information content (AvgIpc) is 2.87. The third kappa shape index (κ3) is 1.89. The Balaban J connectivity index is 1.95. The first-order valence-corrected chi connectivity index (χ1v) is 5.84. The lowest BCUT2D eigenvalue weighted by molar-refractivity contribution is -0.141. The maximum absolute atomic E-state index is 12.0. The number of carbonyl (C=O) groups excluding carboxylic acids is 1. The van der Waals surface area contributed by atoms with Crippen LogP contribution in [0.5, 0.6) is 0 Å². The second-order valence-electron chi connectivity index (χ2n) is 3.98. The highest BCUT2D eigenvalue weighted by Gasteiger charge is 2.34. The zero-order valence-electron chi connectivity index (χ0n) is 8.25. The van der Waals surface area contributed by atoms with Gasteiger partial charge in [-0.3, -0.25) is 4.79 Å². The standard InChI is InChI=1S/C10H16ClNO2/c11-7-8-3-1-5-12(8)10(13)9-4-2-6-14-9/h8-9H,1-7H2. The highest BCUT2D eigenvalue weighted by Crippen LogP contribution is 2.23. The van der Waals surface area contributed by atoms with Gasteiger partial charge in [-0.05, 0) is 25.7 Å². The van der Waals surface area contributed by atoms with Gasteiger partial charge < -0.3 is 9.64 Å². The average molecular weight is 218 g/mol. The summed E-state index contributed by atoms with van der Waals surface area (Å²) < 4.78 is 5.39. The molecule has 2 aliphatic heterocycles. The summed E-state index contributed by atoms with van der Waals surface area (Å²) in [5, 5.41) is 0. The van der Waals surface area contributed by atoms with Crippen LogP contribution in [0, 0.1) is 0 Å². The van der Waals surface area contributed by atoms with Crippen LogP contribution in [-0.4, -0.2) is 42.0 Å². The summed E-state index contributed by atoms with van der Waals surface area (Å²) in [6.45, 7) is 1.59. The fourth-order valence-electron chi connectivity index (χ4n) is 2.24. The van der Waals surface area contributed by atoms with Gasteiger partial charge in [-0.25, -0.2) is 0 Å². The van der Waals surface area contributed by atoms with Crippen molar-refractivity contribution in [2.45, 2.75) is 37.8 Å². The van der Waals surface area contributed by atoms with Gasteiger partial charge in [0.25, 0.3) is 5.91 Å². The minimum Gasteiger partial charge on any atom is -0.368 e. The van der Waals surface area contributed by atoms with E-state index >= 15 is 0 Å². The Morgan fingerprint density at radius 1 is 1.43 bits per heavy atom. The normalized spacial score (nSPS) is 32.5. The van der Waals surface area contributed by atoms with Crippen LogP contribution in [0.4, 0.5) is 0 Å². The van der Waals surface area contributed by atoms with E-state index in [9.17, 15) is 4.79 Å². The van der Waals surface area contributed by atoms with E-state index in [0.29, 0.717) is 5.88 Å². The highest BCUT2D eigenvalue weighted by atomic mass is 35.5. The van der Waals surface area contributed by atoms with E-state index in [0.717, 1.165) is 38.8 Å². The van der Waals surface area contributed by atoms with E-state index in [1.165, 1.54) is 0 Å². The van der Waals surface area contributed by atoms with Crippen molar-refractivity contribution in [2.24, 2.45) is 0 Å². The molecule has 0 aromatic rings. The number of hydrogen-bond acceptors (Lipinski definition) is 2. The minimum absolute atomic E-state index is 0.158. The number of alkyl halides is 1. The van der Waals surface area contributed by atoms with Crippen LogP contribution in [0.2, 0.25) is 0 Å². The maximum Gasteiger partial charge on any atom is 0.251 e. The Morgan fingerprint density at radius 3 is 2.93 bits per heavy atom. The van der Waals surface area contributed by atoms with Gasteiger partial charge in [-0.15, -0.1) is 11.6 Å². The molecule has 0 radical (unpaired) electrons. The topological polar surface area (TPSA) is 29.5 Å². The Bertz CT molecular complexity index is 216. The summed E-state index contributed by atoms with van der Waals surface area (Å²) in [5.74, 6) is 0.712. The Morgan fingerprint density at radius 2 is 2.29 bits per heavy atom. The summed E-state index contributed by atoms with van der Waals surface area (Å²) in [4.78, 5) is 13.9. The number of hydrogen-bond donors (Lipinski definition) is 0. The predicted molar refractivity (Wildman–Crippen MR) is 54.4 cm³/mol. The van der Waals surface area contributed by atoms with Crippen LogP contribution < -0.4 is 0 Å². The molecule has 0 aliphatic carbocycles. The molecule has 0 aromatic carbocycles. The number of ether oxygens (including phenoxy) is 1. The first-order chi connectivity index (χ1) is 6.83. The van der Waals surface area contributed by atoms with Crippen molar-refractivity contribution in [3.8, 4) is 0 Å². The number of carbonyl (C=O) groups is 1. The van der Waals surface area contributed by atoms with E-state index in [1.54, 1.807) is 0 Å². The van der Waals surface area contributed by atoms with Crippen LogP contribution in [0.25, 0.3) is 0 Å². The molecule has 0 saturated carbocycles. The molecule has 2 rings (SSSR count). The van der Waals surface area contributed by atoms with Gasteiger partial charge in [-0.2, -0.15) is 0 Å². The van der Waals surface area contributed by atoms with Crippen molar-refractivity contribution in [3.63, 3.8) is 0 Å². The number of rotatable bonds is 2. The Labute approximate surface area is 89.4 Å². The van der Waals surface area contributed by atoms with Gasteiger partial charge in [0.05, 0.1) is 0 Å². The molecule has 2 unspecified atom stereocenters. The molecule has 0 bridgehead atoms. The van der Waals surface area contributed by atoms with E-state index in [-0.39, 0.29) is 18.1 Å². The van der Waals surface area contributed by atoms with Crippen molar-refractivity contribution in [3.05, 3.63) is 0 Å². The summed E-state index contributed by atoms with van der Waals surface area (Å²) in [6.07, 6.45) is 3.83. The van der Waals surface area contributed by atoms with Crippen molar-refractivity contribution < 1.29 is 9.53 Å². The first kappa shape index (κ1) is 10.2. The molecule has 2 heterocycles. The summed E-state index contributed by atoms with van der Waals surface area (Å²) in [7, 11) is 0. The monoisotopic (exact) mass is 217 g/mol. The van der Waals surface area contributed by atoms with E-state index in [4.69, 9.17) is 16.3 Å². The second kappa shape index (κ2) is 4.49. The fourth-order valence-corrected chi connectivity index (χ4v) is 2.56. The fraction of sp³-hybridized carbons (Fsp3) is 0.900. The molecule has 2 atom stereocenters. The van der Waals surface area contributed by atoms with Gasteiger partial charge in [0.15, 0.2) is 0 Å². The molecule has 4 heteroatoms. The highest BCUT2D eigenvalue weighted by molar-refractivity contribution is 6.18. The molecule has 14 heavy (non-hydrogen) atoms. The van der Waals surface area contributed by atoms with Crippen molar-refractivity contribution in [1.29, 1.82) is 0 Å². The third-order valence-corrected chi connectivity index (χ3v) is 3.40. The second-order valence-corrected chi connectivity index (χ2v) is 4.29. The van der Waals surface area contributed by atoms with Crippen LogP contribution in [0.15, 0.2) is 0 Å². The van der Waals surface area contributed by atoms with Crippen molar-refractivity contribution in [2.75, 3.05) is 19.0 Å². The summed E-state index contributed by atoms with van der Waals surface area (Å²) in [6, 6.07) is 0.244. The largest absolute Gasteiger partial charge is 0.368 e. The number of likely N-dealkylation sites (tertiary alicyclic amines) is 1. The zero-order chi connectivity index (χ0) is 9.97. The molecule has 3 nitrogen and oxygen atoms in total. The number of halogens is 1. The Hall–Kier alpha value is -0.280. The molecule has 0 N–H and O–H groups in total. The molecule has 80 valence electrons. The third-order valence-electron chi connectivity index (χ3n) is 3.04. The smallest absolute Gasteiger partial charge is 0.251 e. The molecule has 1 amide bonds. The lowest BCUT2D eigenvalue weighted by Crippen LogP contribution is -2.42. The van der Waals surface area contributed by atoms with Gasteiger partial charge >= 0.3 is 0 Å². The predicted octanol–water partition coefficient (Wildman–Crippen LogP) is 1.40. The molecule has 0 spiro atoms. The van der Waals surface area contributed by atoms with E-state index in [1.807, 2.05) is 4.90 Å². The molecule has 2 fully saturated rings. The molecular formula is C10H16ClNO2. The lowest BCUT2D eigenvalue weighted by atomic mass is 10.2. The molecule has 2 saturated heterocycles. The van der Waals surface area contributed by atoms with Gasteiger partial charge in [0.1, 0.15) is 6.10 Å². The number of nitrogens with zero attached hydrogens (tertiary/aromatic N) is 1. The van der Waals surface area contributed by atoms with Gasteiger partial charge in [0.2, 0.25) is 0 Å². The first-order valence-electron chi connectivity index (χ1n) is 5.31. The SMILES string of the molecule is O=C(C1CCCO1)N1CCCC1CCl. The van der Waals surface area contributed by atoms with Crippen LogP contribution in [0.1, 0.15) is 25.7 Å². The number of amides is 1. The summed E-state index contributed by atoms with van der Waals surface area (Å²) in [5.41, 5.74) is 0. The van der Waals surface area contributed by atoms with Crippen molar-refractivity contribution in [1.82, 2.24) is 4.90 Å².